The second-order valence-corrected chi connectivity index (χ2v) is 9.86. The van der Waals surface area contributed by atoms with Crippen molar-refractivity contribution >= 4 is 7.82 Å². The number of nitro groups is 1. The predicted molar refractivity (Wildman–Crippen MR) is 138 cm³/mol. The van der Waals surface area contributed by atoms with E-state index in [0.29, 0.717) is 13.1 Å². The van der Waals surface area contributed by atoms with E-state index in [2.05, 4.69) is 17.2 Å². The maximum atomic E-state index is 13.8. The Kier molecular flexibility index (Phi) is 9.66. The topological polar surface area (TPSA) is 99.9 Å². The lowest BCUT2D eigenvalue weighted by Gasteiger charge is -2.29. The van der Waals surface area contributed by atoms with Gasteiger partial charge in [0.25, 0.3) is 0 Å². The molecule has 9 heteroatoms. The summed E-state index contributed by atoms with van der Waals surface area (Å²) in [6, 6.07) is 26.4. The summed E-state index contributed by atoms with van der Waals surface area (Å²) in [5.41, 5.74) is -0.681. The summed E-state index contributed by atoms with van der Waals surface area (Å²) >= 11 is 0. The highest BCUT2D eigenvalue weighted by Gasteiger charge is 2.47. The molecule has 0 radical (unpaired) electrons. The highest BCUT2D eigenvalue weighted by molar-refractivity contribution is 7.49. The first-order valence-corrected chi connectivity index (χ1v) is 12.9. The molecule has 1 unspecified atom stereocenters. The van der Waals surface area contributed by atoms with Crippen molar-refractivity contribution in [2.45, 2.75) is 31.9 Å². The van der Waals surface area contributed by atoms with Crippen molar-refractivity contribution in [2.75, 3.05) is 13.1 Å². The van der Waals surface area contributed by atoms with Crippen LogP contribution >= 0.6 is 7.82 Å². The molecule has 0 saturated heterocycles. The quantitative estimate of drug-likeness (QED) is 0.110. The van der Waals surface area contributed by atoms with Crippen molar-refractivity contribution in [1.29, 1.82) is 0 Å². The van der Waals surface area contributed by atoms with Crippen molar-refractivity contribution in [3.05, 3.63) is 107 Å². The molecule has 36 heavy (non-hydrogen) atoms. The van der Waals surface area contributed by atoms with Crippen LogP contribution in [0.5, 0.6) is 11.5 Å². The van der Waals surface area contributed by atoms with Gasteiger partial charge in [-0.15, -0.1) is 0 Å². The molecule has 1 N–H and O–H groups in total. The fourth-order valence-corrected chi connectivity index (χ4v) is 4.70. The van der Waals surface area contributed by atoms with Crippen LogP contribution < -0.4 is 14.4 Å². The number of hydrogen-bond donors (Lipinski definition) is 1. The maximum absolute atomic E-state index is 13.8. The van der Waals surface area contributed by atoms with Crippen molar-refractivity contribution < 1.29 is 23.1 Å². The van der Waals surface area contributed by atoms with Crippen LogP contribution in [0, 0.1) is 22.0 Å². The number of hydrogen-bond acceptors (Lipinski definition) is 7. The van der Waals surface area contributed by atoms with Gasteiger partial charge < -0.3 is 14.4 Å². The van der Waals surface area contributed by atoms with E-state index in [4.69, 9.17) is 13.6 Å². The summed E-state index contributed by atoms with van der Waals surface area (Å²) in [4.78, 5) is 11.4. The Morgan fingerprint density at radius 2 is 1.42 bits per heavy atom. The zero-order chi connectivity index (χ0) is 25.9. The molecule has 8 nitrogen and oxygen atoms in total. The molecule has 0 bridgehead atoms. The molecule has 3 aromatic carbocycles. The third-order valence-electron chi connectivity index (χ3n) is 5.24. The normalized spacial score (nSPS) is 12.2. The lowest BCUT2D eigenvalue weighted by molar-refractivity contribution is -0.572. The molecule has 0 aromatic heterocycles. The molecule has 0 amide bonds. The number of nitrogens with zero attached hydrogens (tertiary/aromatic N) is 1. The lowest BCUT2D eigenvalue weighted by Crippen LogP contribution is -2.46. The molecule has 0 aliphatic rings. The van der Waals surface area contributed by atoms with Gasteiger partial charge in [0.1, 0.15) is 17.6 Å². The highest BCUT2D eigenvalue weighted by Crippen LogP contribution is 2.52. The van der Waals surface area contributed by atoms with E-state index in [-0.39, 0.29) is 17.9 Å². The zero-order valence-electron chi connectivity index (χ0n) is 20.2. The van der Waals surface area contributed by atoms with E-state index >= 15 is 0 Å². The minimum absolute atomic E-state index is 0.168. The van der Waals surface area contributed by atoms with Gasteiger partial charge >= 0.3 is 7.82 Å². The predicted octanol–water partition coefficient (Wildman–Crippen LogP) is 5.72. The largest absolute Gasteiger partial charge is 0.588 e. The van der Waals surface area contributed by atoms with Gasteiger partial charge in [-0.3, -0.25) is 14.6 Å². The van der Waals surface area contributed by atoms with E-state index < -0.39 is 24.4 Å². The Bertz CT molecular complexity index is 1170. The molecule has 0 spiro atoms. The minimum Gasteiger partial charge on any atom is -0.395 e. The molecule has 3 rings (SSSR count). The van der Waals surface area contributed by atoms with Gasteiger partial charge in [-0.05, 0) is 49.4 Å². The first kappa shape index (κ1) is 27.0. The molecule has 0 aliphatic heterocycles. The number of para-hydroxylation sites is 2. The van der Waals surface area contributed by atoms with Gasteiger partial charge in [0.2, 0.25) is 5.54 Å². The molecule has 3 aromatic rings. The molecule has 0 fully saturated rings. The summed E-state index contributed by atoms with van der Waals surface area (Å²) in [6.07, 6.45) is -0.929. The second kappa shape index (κ2) is 12.9. The Labute approximate surface area is 211 Å². The van der Waals surface area contributed by atoms with Gasteiger partial charge in [-0.1, -0.05) is 66.4 Å². The molecule has 1 atom stereocenters. The Hall–Kier alpha value is -3.63. The summed E-state index contributed by atoms with van der Waals surface area (Å²) < 4.78 is 30.9. The molecular weight excluding hydrogens is 479 g/mol. The van der Waals surface area contributed by atoms with Gasteiger partial charge in [-0.2, -0.15) is 0 Å². The van der Waals surface area contributed by atoms with Crippen molar-refractivity contribution in [3.8, 4) is 23.3 Å². The fourth-order valence-electron chi connectivity index (χ4n) is 3.14. The van der Waals surface area contributed by atoms with Crippen LogP contribution in [0.1, 0.15) is 25.8 Å². The molecule has 0 heterocycles. The third-order valence-corrected chi connectivity index (χ3v) is 6.62. The van der Waals surface area contributed by atoms with Crippen LogP contribution in [0.15, 0.2) is 91.0 Å². The van der Waals surface area contributed by atoms with Crippen molar-refractivity contribution in [1.82, 2.24) is 5.32 Å². The molecule has 0 aliphatic carbocycles. The smallest absolute Gasteiger partial charge is 0.395 e. The minimum atomic E-state index is -4.32. The Balaban J connectivity index is 1.74. The summed E-state index contributed by atoms with van der Waals surface area (Å²) in [7, 11) is -4.32. The van der Waals surface area contributed by atoms with Crippen LogP contribution in [0.4, 0.5) is 0 Å². The Morgan fingerprint density at radius 1 is 0.917 bits per heavy atom. The Morgan fingerprint density at radius 3 is 1.92 bits per heavy atom. The van der Waals surface area contributed by atoms with Gasteiger partial charge in [0.15, 0.2) is 0 Å². The van der Waals surface area contributed by atoms with Gasteiger partial charge in [-0.25, -0.2) is 4.57 Å². The van der Waals surface area contributed by atoms with Crippen LogP contribution in [0.2, 0.25) is 0 Å². The number of phosphoric acid groups is 1. The van der Waals surface area contributed by atoms with E-state index in [1.54, 1.807) is 60.7 Å². The average molecular weight is 509 g/mol. The molecular formula is C27H29N2O6P. The van der Waals surface area contributed by atoms with Crippen LogP contribution in [0.25, 0.3) is 0 Å². The van der Waals surface area contributed by atoms with E-state index in [0.717, 1.165) is 5.56 Å². The van der Waals surface area contributed by atoms with E-state index in [1.807, 2.05) is 30.3 Å². The molecule has 0 saturated carbocycles. The van der Waals surface area contributed by atoms with Gasteiger partial charge in [0, 0.05) is 24.3 Å². The molecule has 188 valence electrons. The summed E-state index contributed by atoms with van der Waals surface area (Å²) in [5, 5.41) is 15.0. The SMILES string of the molecule is CC(C)(C(CCNCC#Cc1ccccc1)OP(=O)(Oc1ccccc1)Oc1ccccc1)[N+](=O)[O-]. The summed E-state index contributed by atoms with van der Waals surface area (Å²) in [6.45, 7) is 3.55. The van der Waals surface area contributed by atoms with Crippen LogP contribution in [-0.2, 0) is 9.09 Å². The third kappa shape index (κ3) is 8.24. The first-order valence-electron chi connectivity index (χ1n) is 11.5. The number of rotatable bonds is 12. The number of benzene rings is 3. The number of phosphoric ester groups is 1. The van der Waals surface area contributed by atoms with Gasteiger partial charge in [0.05, 0.1) is 6.54 Å². The lowest BCUT2D eigenvalue weighted by atomic mass is 9.96. The fraction of sp³-hybridized carbons (Fsp3) is 0.259. The van der Waals surface area contributed by atoms with Crippen LogP contribution in [0.3, 0.4) is 0 Å². The van der Waals surface area contributed by atoms with Crippen LogP contribution in [-0.4, -0.2) is 29.7 Å². The average Bonchev–Trinajstić information content (AvgIpc) is 2.87. The second-order valence-electron chi connectivity index (χ2n) is 8.39. The highest BCUT2D eigenvalue weighted by atomic mass is 31.2. The van der Waals surface area contributed by atoms with E-state index in [1.165, 1.54) is 13.8 Å². The number of nitrogens with one attached hydrogen (secondary N) is 1. The summed E-state index contributed by atoms with van der Waals surface area (Å²) in [5.74, 6) is 6.56. The van der Waals surface area contributed by atoms with Crippen molar-refractivity contribution in [2.24, 2.45) is 0 Å². The maximum Gasteiger partial charge on any atom is 0.588 e. The van der Waals surface area contributed by atoms with Crippen molar-refractivity contribution in [3.63, 3.8) is 0 Å². The first-order chi connectivity index (χ1) is 17.3. The standard InChI is InChI=1S/C27H29N2O6P/c1-27(2,29(30)31)26(20-22-28-21-12-15-23-13-6-3-7-14-23)35-36(32,33-24-16-8-4-9-17-24)34-25-18-10-5-11-19-25/h3-11,13-14,16-19,26,28H,20-22H2,1-2H3. The monoisotopic (exact) mass is 508 g/mol. The zero-order valence-corrected chi connectivity index (χ0v) is 21.1. The van der Waals surface area contributed by atoms with E-state index in [9.17, 15) is 14.7 Å².